The largest absolute Gasteiger partial charge is 0.378 e. The minimum absolute atomic E-state index is 0.0159. The Morgan fingerprint density at radius 2 is 2.17 bits per heavy atom. The highest BCUT2D eigenvalue weighted by Crippen LogP contribution is 2.32. The minimum Gasteiger partial charge on any atom is -0.378 e. The van der Waals surface area contributed by atoms with Crippen LogP contribution in [0, 0.1) is 5.92 Å². The van der Waals surface area contributed by atoms with Gasteiger partial charge < -0.3 is 15.0 Å². The summed E-state index contributed by atoms with van der Waals surface area (Å²) in [6.07, 6.45) is 2.53. The van der Waals surface area contributed by atoms with Gasteiger partial charge in [-0.1, -0.05) is 6.92 Å². The monoisotopic (exact) mass is 254 g/mol. The summed E-state index contributed by atoms with van der Waals surface area (Å²) in [5, 5.41) is 2.81. The van der Waals surface area contributed by atoms with E-state index in [2.05, 4.69) is 5.32 Å². The average molecular weight is 254 g/mol. The first-order chi connectivity index (χ1) is 8.67. The number of carbonyl (C=O) groups excluding carboxylic acids is 2. The molecule has 1 atom stereocenters. The van der Waals surface area contributed by atoms with Crippen molar-refractivity contribution in [3.8, 4) is 0 Å². The molecule has 1 unspecified atom stereocenters. The Labute approximate surface area is 108 Å². The zero-order chi connectivity index (χ0) is 13.1. The Hall–Kier alpha value is -1.10. The Morgan fingerprint density at radius 1 is 1.44 bits per heavy atom. The summed E-state index contributed by atoms with van der Waals surface area (Å²) in [7, 11) is 0. The van der Waals surface area contributed by atoms with E-state index in [4.69, 9.17) is 4.74 Å². The number of nitrogens with one attached hydrogen (secondary N) is 1. The molecule has 1 heterocycles. The van der Waals surface area contributed by atoms with Gasteiger partial charge in [-0.25, -0.2) is 0 Å². The molecule has 102 valence electrons. The molecular formula is C13H22N2O3. The van der Waals surface area contributed by atoms with Crippen molar-refractivity contribution >= 4 is 11.8 Å². The third kappa shape index (κ3) is 2.51. The number of ether oxygens (including phenoxy) is 1. The fourth-order valence-corrected chi connectivity index (χ4v) is 2.76. The van der Waals surface area contributed by atoms with Crippen molar-refractivity contribution in [3.63, 3.8) is 0 Å². The first-order valence-electron chi connectivity index (χ1n) is 6.87. The SMILES string of the molecule is CCOC1CC(C(=O)N2CCNC(=O)C2CC)C1. The van der Waals surface area contributed by atoms with Crippen LogP contribution in [-0.4, -0.2) is 48.6 Å². The van der Waals surface area contributed by atoms with Crippen LogP contribution in [0.25, 0.3) is 0 Å². The molecule has 1 aliphatic carbocycles. The predicted molar refractivity (Wildman–Crippen MR) is 66.9 cm³/mol. The number of piperazine rings is 1. The number of rotatable bonds is 4. The summed E-state index contributed by atoms with van der Waals surface area (Å²) < 4.78 is 5.47. The van der Waals surface area contributed by atoms with Crippen molar-refractivity contribution in [1.82, 2.24) is 10.2 Å². The summed E-state index contributed by atoms with van der Waals surface area (Å²) in [6.45, 7) is 5.83. The van der Waals surface area contributed by atoms with Gasteiger partial charge in [0.1, 0.15) is 6.04 Å². The second-order valence-corrected chi connectivity index (χ2v) is 4.99. The summed E-state index contributed by atoms with van der Waals surface area (Å²) in [5.74, 6) is 0.173. The molecule has 1 saturated carbocycles. The highest BCUT2D eigenvalue weighted by molar-refractivity contribution is 5.89. The molecule has 2 aliphatic rings. The van der Waals surface area contributed by atoms with Gasteiger partial charge in [0.15, 0.2) is 0 Å². The van der Waals surface area contributed by atoms with E-state index in [1.165, 1.54) is 0 Å². The van der Waals surface area contributed by atoms with E-state index >= 15 is 0 Å². The Kier molecular flexibility index (Phi) is 4.22. The van der Waals surface area contributed by atoms with Gasteiger partial charge in [0.05, 0.1) is 6.10 Å². The molecule has 1 aliphatic heterocycles. The van der Waals surface area contributed by atoms with Gasteiger partial charge in [0.25, 0.3) is 0 Å². The highest BCUT2D eigenvalue weighted by atomic mass is 16.5. The number of hydrogen-bond acceptors (Lipinski definition) is 3. The van der Waals surface area contributed by atoms with E-state index in [0.717, 1.165) is 12.8 Å². The lowest BCUT2D eigenvalue weighted by Crippen LogP contribution is -2.59. The molecule has 5 nitrogen and oxygen atoms in total. The lowest BCUT2D eigenvalue weighted by atomic mass is 9.80. The lowest BCUT2D eigenvalue weighted by molar-refractivity contribution is -0.152. The molecule has 0 aromatic carbocycles. The summed E-state index contributed by atoms with van der Waals surface area (Å²) in [6, 6.07) is -0.280. The van der Waals surface area contributed by atoms with Crippen molar-refractivity contribution < 1.29 is 14.3 Å². The van der Waals surface area contributed by atoms with Crippen LogP contribution >= 0.6 is 0 Å². The molecule has 5 heteroatoms. The molecule has 0 radical (unpaired) electrons. The second-order valence-electron chi connectivity index (χ2n) is 4.99. The fraction of sp³-hybridized carbons (Fsp3) is 0.846. The fourth-order valence-electron chi connectivity index (χ4n) is 2.76. The first kappa shape index (κ1) is 13.3. The van der Waals surface area contributed by atoms with Gasteiger partial charge in [0, 0.05) is 25.6 Å². The van der Waals surface area contributed by atoms with Crippen LogP contribution in [0.2, 0.25) is 0 Å². The Bertz CT molecular complexity index is 326. The summed E-state index contributed by atoms with van der Waals surface area (Å²) in [5.41, 5.74) is 0. The maximum atomic E-state index is 12.3. The number of carbonyl (C=O) groups is 2. The average Bonchev–Trinajstić information content (AvgIpc) is 2.32. The zero-order valence-electron chi connectivity index (χ0n) is 11.1. The number of nitrogens with zero attached hydrogens (tertiary/aromatic N) is 1. The van der Waals surface area contributed by atoms with Crippen LogP contribution in [0.4, 0.5) is 0 Å². The highest BCUT2D eigenvalue weighted by Gasteiger charge is 2.41. The van der Waals surface area contributed by atoms with Crippen LogP contribution in [0.5, 0.6) is 0 Å². The van der Waals surface area contributed by atoms with Crippen molar-refractivity contribution in [1.29, 1.82) is 0 Å². The van der Waals surface area contributed by atoms with E-state index in [9.17, 15) is 9.59 Å². The molecule has 1 N–H and O–H groups in total. The van der Waals surface area contributed by atoms with Crippen LogP contribution in [0.15, 0.2) is 0 Å². The van der Waals surface area contributed by atoms with Gasteiger partial charge in [-0.3, -0.25) is 9.59 Å². The predicted octanol–water partition coefficient (Wildman–Crippen LogP) is 0.539. The molecule has 0 spiro atoms. The number of hydrogen-bond donors (Lipinski definition) is 1. The van der Waals surface area contributed by atoms with Gasteiger partial charge in [-0.15, -0.1) is 0 Å². The summed E-state index contributed by atoms with van der Waals surface area (Å²) >= 11 is 0. The first-order valence-corrected chi connectivity index (χ1v) is 6.87. The molecule has 1 saturated heterocycles. The van der Waals surface area contributed by atoms with Crippen molar-refractivity contribution in [3.05, 3.63) is 0 Å². The molecule has 2 fully saturated rings. The molecule has 0 bridgehead atoms. The van der Waals surface area contributed by atoms with Crippen molar-refractivity contribution in [2.45, 2.75) is 45.3 Å². The van der Waals surface area contributed by atoms with E-state index in [1.807, 2.05) is 13.8 Å². The third-order valence-corrected chi connectivity index (χ3v) is 3.85. The van der Waals surface area contributed by atoms with Gasteiger partial charge in [0.2, 0.25) is 11.8 Å². The van der Waals surface area contributed by atoms with Crippen LogP contribution in [0.1, 0.15) is 33.1 Å². The van der Waals surface area contributed by atoms with E-state index in [-0.39, 0.29) is 29.9 Å². The Balaban J connectivity index is 1.90. The molecule has 2 rings (SSSR count). The normalized spacial score (nSPS) is 31.8. The Morgan fingerprint density at radius 3 is 2.78 bits per heavy atom. The molecule has 0 aromatic rings. The van der Waals surface area contributed by atoms with Gasteiger partial charge in [-0.05, 0) is 26.2 Å². The molecule has 0 aromatic heterocycles. The van der Waals surface area contributed by atoms with E-state index < -0.39 is 0 Å². The van der Waals surface area contributed by atoms with Gasteiger partial charge in [-0.2, -0.15) is 0 Å². The molecule has 2 amide bonds. The van der Waals surface area contributed by atoms with Crippen LogP contribution < -0.4 is 5.32 Å². The quantitative estimate of drug-likeness (QED) is 0.796. The van der Waals surface area contributed by atoms with E-state index in [0.29, 0.717) is 26.1 Å². The standard InChI is InChI=1S/C13H22N2O3/c1-3-11-12(16)14-5-6-15(11)13(17)9-7-10(8-9)18-4-2/h9-11H,3-8H2,1-2H3,(H,14,16). The van der Waals surface area contributed by atoms with Crippen LogP contribution in [0.3, 0.4) is 0 Å². The minimum atomic E-state index is -0.280. The maximum absolute atomic E-state index is 12.3. The van der Waals surface area contributed by atoms with Crippen LogP contribution in [-0.2, 0) is 14.3 Å². The van der Waals surface area contributed by atoms with Crippen molar-refractivity contribution in [2.75, 3.05) is 19.7 Å². The molecular weight excluding hydrogens is 232 g/mol. The lowest BCUT2D eigenvalue weighted by Gasteiger charge is -2.41. The summed E-state index contributed by atoms with van der Waals surface area (Å²) in [4.78, 5) is 25.8. The topological polar surface area (TPSA) is 58.6 Å². The zero-order valence-corrected chi connectivity index (χ0v) is 11.1. The maximum Gasteiger partial charge on any atom is 0.242 e. The van der Waals surface area contributed by atoms with E-state index in [1.54, 1.807) is 4.90 Å². The second kappa shape index (κ2) is 5.69. The smallest absolute Gasteiger partial charge is 0.242 e. The molecule has 18 heavy (non-hydrogen) atoms. The van der Waals surface area contributed by atoms with Gasteiger partial charge >= 0.3 is 0 Å². The number of amides is 2. The van der Waals surface area contributed by atoms with Crippen molar-refractivity contribution in [2.24, 2.45) is 5.92 Å². The third-order valence-electron chi connectivity index (χ3n) is 3.85.